The molecule has 0 aromatic heterocycles. The molecule has 22 heavy (non-hydrogen) atoms. The molecule has 0 amide bonds. The Balaban J connectivity index is 2.18. The molecule has 0 N–H and O–H groups in total. The summed E-state index contributed by atoms with van der Waals surface area (Å²) in [5.74, 6) is 0.528. The van der Waals surface area contributed by atoms with Crippen LogP contribution in [0.2, 0.25) is 0 Å². The third-order valence-electron chi connectivity index (χ3n) is 3.60. The summed E-state index contributed by atoms with van der Waals surface area (Å²) in [5, 5.41) is 0. The molecule has 120 valence electrons. The molecule has 0 unspecified atom stereocenters. The maximum absolute atomic E-state index is 11.9. The van der Waals surface area contributed by atoms with Gasteiger partial charge < -0.3 is 4.74 Å². The molecular formula is C20H28O2. The van der Waals surface area contributed by atoms with Crippen LogP contribution in [0.3, 0.4) is 0 Å². The second kappa shape index (κ2) is 11.8. The monoisotopic (exact) mass is 300 g/mol. The molecule has 0 aliphatic carbocycles. The largest absolute Gasteiger partial charge is 0.426 e. The Morgan fingerprint density at radius 1 is 0.955 bits per heavy atom. The normalized spacial score (nSPS) is 10.2. The molecule has 2 nitrogen and oxygen atoms in total. The standard InChI is InChI=1S/C20H28O2/c1-3-5-6-7-8-9-10-11-17-20(21)22-19-16-13-12-15-18(19)14-4-2/h3-4,12-13,15-16H,1-2,5-11,14,17H2. The number of ether oxygens (including phenoxy) is 1. The highest BCUT2D eigenvalue weighted by Crippen LogP contribution is 2.19. The number of hydrogen-bond donors (Lipinski definition) is 0. The van der Waals surface area contributed by atoms with Crippen molar-refractivity contribution in [3.05, 3.63) is 55.1 Å². The SMILES string of the molecule is C=CCCCCCCCCC(=O)Oc1ccccc1CC=C. The predicted molar refractivity (Wildman–Crippen MR) is 93.1 cm³/mol. The molecule has 0 saturated heterocycles. The molecule has 0 atom stereocenters. The summed E-state index contributed by atoms with van der Waals surface area (Å²) in [4.78, 5) is 11.9. The average Bonchev–Trinajstić information content (AvgIpc) is 2.52. The van der Waals surface area contributed by atoms with E-state index in [9.17, 15) is 4.79 Å². The maximum atomic E-state index is 11.9. The third-order valence-corrected chi connectivity index (χ3v) is 3.60. The van der Waals surface area contributed by atoms with Crippen LogP contribution in [0.5, 0.6) is 5.75 Å². The van der Waals surface area contributed by atoms with E-state index in [0.717, 1.165) is 24.8 Å². The minimum atomic E-state index is -0.136. The Bertz CT molecular complexity index is 463. The zero-order valence-electron chi connectivity index (χ0n) is 13.6. The van der Waals surface area contributed by atoms with Crippen molar-refractivity contribution in [1.82, 2.24) is 0 Å². The highest BCUT2D eigenvalue weighted by molar-refractivity contribution is 5.72. The fourth-order valence-corrected chi connectivity index (χ4v) is 2.37. The van der Waals surface area contributed by atoms with Crippen LogP contribution >= 0.6 is 0 Å². The van der Waals surface area contributed by atoms with Crippen molar-refractivity contribution in [2.75, 3.05) is 0 Å². The lowest BCUT2D eigenvalue weighted by Gasteiger charge is -2.08. The Hall–Kier alpha value is -1.83. The second-order valence-corrected chi connectivity index (χ2v) is 5.52. The molecule has 2 heteroatoms. The highest BCUT2D eigenvalue weighted by Gasteiger charge is 2.07. The molecule has 1 aromatic carbocycles. The number of unbranched alkanes of at least 4 members (excludes halogenated alkanes) is 6. The molecule has 0 saturated carbocycles. The summed E-state index contributed by atoms with van der Waals surface area (Å²) in [6.45, 7) is 7.45. The number of hydrogen-bond acceptors (Lipinski definition) is 2. The van der Waals surface area contributed by atoms with Crippen LogP contribution in [-0.4, -0.2) is 5.97 Å². The van der Waals surface area contributed by atoms with Crippen molar-refractivity contribution in [2.45, 2.75) is 57.8 Å². The van der Waals surface area contributed by atoms with E-state index in [-0.39, 0.29) is 5.97 Å². The Kier molecular flexibility index (Phi) is 9.76. The van der Waals surface area contributed by atoms with Gasteiger partial charge in [0.1, 0.15) is 5.75 Å². The number of carbonyl (C=O) groups is 1. The van der Waals surface area contributed by atoms with Gasteiger partial charge in [0.15, 0.2) is 0 Å². The van der Waals surface area contributed by atoms with Crippen LogP contribution in [0.4, 0.5) is 0 Å². The van der Waals surface area contributed by atoms with Crippen molar-refractivity contribution in [3.63, 3.8) is 0 Å². The first-order valence-electron chi connectivity index (χ1n) is 8.28. The fraction of sp³-hybridized carbons (Fsp3) is 0.450. The number of benzene rings is 1. The van der Waals surface area contributed by atoms with Crippen molar-refractivity contribution >= 4 is 5.97 Å². The van der Waals surface area contributed by atoms with E-state index in [1.807, 2.05) is 36.4 Å². The van der Waals surface area contributed by atoms with Gasteiger partial charge in [0.05, 0.1) is 0 Å². The van der Waals surface area contributed by atoms with E-state index in [1.165, 1.54) is 25.7 Å². The predicted octanol–water partition coefficient (Wildman–Crippen LogP) is 5.63. The first kappa shape index (κ1) is 18.2. The minimum Gasteiger partial charge on any atom is -0.426 e. The van der Waals surface area contributed by atoms with Gasteiger partial charge in [0.2, 0.25) is 0 Å². The summed E-state index contributed by atoms with van der Waals surface area (Å²) < 4.78 is 5.46. The minimum absolute atomic E-state index is 0.136. The van der Waals surface area contributed by atoms with Gasteiger partial charge in [-0.1, -0.05) is 56.0 Å². The zero-order valence-corrected chi connectivity index (χ0v) is 13.6. The molecule has 0 aliphatic rings. The van der Waals surface area contributed by atoms with Gasteiger partial charge in [-0.25, -0.2) is 0 Å². The number of allylic oxidation sites excluding steroid dienone is 2. The van der Waals surface area contributed by atoms with Gasteiger partial charge in [-0.3, -0.25) is 4.79 Å². The molecule has 1 aromatic rings. The molecule has 0 bridgehead atoms. The first-order chi connectivity index (χ1) is 10.8. The Morgan fingerprint density at radius 3 is 2.36 bits per heavy atom. The fourth-order valence-electron chi connectivity index (χ4n) is 2.37. The van der Waals surface area contributed by atoms with E-state index >= 15 is 0 Å². The van der Waals surface area contributed by atoms with E-state index in [4.69, 9.17) is 4.74 Å². The van der Waals surface area contributed by atoms with Gasteiger partial charge >= 0.3 is 5.97 Å². The zero-order chi connectivity index (χ0) is 16.0. The lowest BCUT2D eigenvalue weighted by molar-refractivity contribution is -0.134. The molecule has 0 spiro atoms. The summed E-state index contributed by atoms with van der Waals surface area (Å²) >= 11 is 0. The molecule has 0 aliphatic heterocycles. The first-order valence-corrected chi connectivity index (χ1v) is 8.28. The van der Waals surface area contributed by atoms with Gasteiger partial charge in [-0.05, 0) is 37.3 Å². The van der Waals surface area contributed by atoms with Crippen LogP contribution in [0, 0.1) is 0 Å². The molecule has 0 fully saturated rings. The summed E-state index contributed by atoms with van der Waals surface area (Å²) in [5.41, 5.74) is 1.01. The van der Waals surface area contributed by atoms with Crippen LogP contribution < -0.4 is 4.74 Å². The Morgan fingerprint density at radius 2 is 1.64 bits per heavy atom. The molecule has 0 radical (unpaired) electrons. The summed E-state index contributed by atoms with van der Waals surface area (Å²) in [7, 11) is 0. The summed E-state index contributed by atoms with van der Waals surface area (Å²) in [6.07, 6.45) is 13.0. The second-order valence-electron chi connectivity index (χ2n) is 5.52. The van der Waals surface area contributed by atoms with Crippen molar-refractivity contribution < 1.29 is 9.53 Å². The van der Waals surface area contributed by atoms with E-state index in [1.54, 1.807) is 0 Å². The Labute approximate surface area is 134 Å². The quantitative estimate of drug-likeness (QED) is 0.216. The summed E-state index contributed by atoms with van der Waals surface area (Å²) in [6, 6.07) is 7.64. The third kappa shape index (κ3) is 7.82. The van der Waals surface area contributed by atoms with Crippen molar-refractivity contribution in [3.8, 4) is 5.75 Å². The van der Waals surface area contributed by atoms with Crippen LogP contribution in [0.1, 0.15) is 56.9 Å². The van der Waals surface area contributed by atoms with E-state index < -0.39 is 0 Å². The van der Waals surface area contributed by atoms with Crippen LogP contribution in [0.15, 0.2) is 49.6 Å². The smallest absolute Gasteiger partial charge is 0.311 e. The topological polar surface area (TPSA) is 26.3 Å². The number of carbonyl (C=O) groups excluding carboxylic acids is 1. The number of esters is 1. The van der Waals surface area contributed by atoms with Crippen molar-refractivity contribution in [1.29, 1.82) is 0 Å². The van der Waals surface area contributed by atoms with Crippen LogP contribution in [-0.2, 0) is 11.2 Å². The van der Waals surface area contributed by atoms with Crippen molar-refractivity contribution in [2.24, 2.45) is 0 Å². The van der Waals surface area contributed by atoms with E-state index in [2.05, 4.69) is 13.2 Å². The van der Waals surface area contributed by atoms with Gasteiger partial charge in [0, 0.05) is 6.42 Å². The highest BCUT2D eigenvalue weighted by atomic mass is 16.5. The molecule has 1 rings (SSSR count). The number of para-hydroxylation sites is 1. The molecular weight excluding hydrogens is 272 g/mol. The maximum Gasteiger partial charge on any atom is 0.311 e. The van der Waals surface area contributed by atoms with E-state index in [0.29, 0.717) is 18.6 Å². The van der Waals surface area contributed by atoms with Gasteiger partial charge in [-0.15, -0.1) is 13.2 Å². The molecule has 0 heterocycles. The lowest BCUT2D eigenvalue weighted by atomic mass is 10.1. The van der Waals surface area contributed by atoms with Crippen LogP contribution in [0.25, 0.3) is 0 Å². The lowest BCUT2D eigenvalue weighted by Crippen LogP contribution is -2.08. The van der Waals surface area contributed by atoms with Gasteiger partial charge in [0.25, 0.3) is 0 Å². The average molecular weight is 300 g/mol. The van der Waals surface area contributed by atoms with Gasteiger partial charge in [-0.2, -0.15) is 0 Å². The number of rotatable bonds is 12.